The lowest BCUT2D eigenvalue weighted by atomic mass is 9.86. The van der Waals surface area contributed by atoms with Crippen LogP contribution in [0.1, 0.15) is 46.5 Å². The zero-order valence-electron chi connectivity index (χ0n) is 12.4. The Hall–Kier alpha value is -1.59. The highest BCUT2D eigenvalue weighted by Gasteiger charge is 2.45. The van der Waals surface area contributed by atoms with E-state index < -0.39 is 11.6 Å². The molecule has 1 aliphatic carbocycles. The van der Waals surface area contributed by atoms with Crippen molar-refractivity contribution in [1.29, 1.82) is 0 Å². The molecule has 1 aliphatic heterocycles. The Morgan fingerprint density at radius 1 is 1.35 bits per heavy atom. The lowest BCUT2D eigenvalue weighted by Gasteiger charge is -2.30. The van der Waals surface area contributed by atoms with Crippen molar-refractivity contribution in [2.45, 2.75) is 58.0 Å². The van der Waals surface area contributed by atoms with Crippen LogP contribution < -0.4 is 10.6 Å². The van der Waals surface area contributed by atoms with Crippen LogP contribution in [0.4, 0.5) is 4.79 Å². The van der Waals surface area contributed by atoms with Gasteiger partial charge in [-0.05, 0) is 32.6 Å². The highest BCUT2D eigenvalue weighted by Crippen LogP contribution is 2.23. The Kier molecular flexibility index (Phi) is 4.01. The summed E-state index contributed by atoms with van der Waals surface area (Å²) in [5.41, 5.74) is -0.921. The molecule has 0 aromatic heterocycles. The summed E-state index contributed by atoms with van der Waals surface area (Å²) in [4.78, 5) is 36.7. The van der Waals surface area contributed by atoms with Gasteiger partial charge in [0, 0.05) is 6.04 Å². The summed E-state index contributed by atoms with van der Waals surface area (Å²) in [6.45, 7) is 5.20. The molecule has 112 valence electrons. The maximum atomic E-state index is 12.0. The highest BCUT2D eigenvalue weighted by molar-refractivity contribution is 6.08. The first-order chi connectivity index (χ1) is 9.31. The summed E-state index contributed by atoms with van der Waals surface area (Å²) in [6, 6.07) is -0.336. The monoisotopic (exact) mass is 281 g/mol. The minimum absolute atomic E-state index is 0.157. The summed E-state index contributed by atoms with van der Waals surface area (Å²) in [5, 5.41) is 5.52. The molecule has 1 saturated heterocycles. The van der Waals surface area contributed by atoms with Crippen molar-refractivity contribution in [1.82, 2.24) is 15.5 Å². The van der Waals surface area contributed by atoms with Crippen LogP contribution in [-0.2, 0) is 9.59 Å². The van der Waals surface area contributed by atoms with Gasteiger partial charge in [-0.15, -0.1) is 0 Å². The van der Waals surface area contributed by atoms with E-state index in [-0.39, 0.29) is 24.4 Å². The molecule has 4 amide bonds. The number of imide groups is 1. The fraction of sp³-hybridized carbons (Fsp3) is 0.786. The predicted octanol–water partition coefficient (Wildman–Crippen LogP) is 1.01. The highest BCUT2D eigenvalue weighted by atomic mass is 16.2. The molecule has 2 aliphatic rings. The van der Waals surface area contributed by atoms with Crippen molar-refractivity contribution in [3.8, 4) is 0 Å². The number of hydrogen-bond acceptors (Lipinski definition) is 3. The second-order valence-corrected chi connectivity index (χ2v) is 6.38. The fourth-order valence-corrected chi connectivity index (χ4v) is 2.89. The Balaban J connectivity index is 1.91. The predicted molar refractivity (Wildman–Crippen MR) is 73.9 cm³/mol. The van der Waals surface area contributed by atoms with Crippen LogP contribution in [0.15, 0.2) is 0 Å². The Morgan fingerprint density at radius 3 is 2.55 bits per heavy atom. The van der Waals surface area contributed by atoms with Crippen molar-refractivity contribution < 1.29 is 14.4 Å². The van der Waals surface area contributed by atoms with Gasteiger partial charge in [-0.3, -0.25) is 14.5 Å². The lowest BCUT2D eigenvalue weighted by molar-refractivity contribution is -0.134. The van der Waals surface area contributed by atoms with E-state index in [2.05, 4.69) is 17.6 Å². The molecule has 0 radical (unpaired) electrons. The molecule has 2 fully saturated rings. The molecule has 0 aromatic rings. The van der Waals surface area contributed by atoms with Gasteiger partial charge in [0.2, 0.25) is 5.91 Å². The molecule has 0 spiro atoms. The molecule has 0 bridgehead atoms. The molecule has 2 N–H and O–H groups in total. The van der Waals surface area contributed by atoms with Crippen LogP contribution in [0.3, 0.4) is 0 Å². The number of nitrogens with zero attached hydrogens (tertiary/aromatic N) is 1. The van der Waals surface area contributed by atoms with E-state index in [1.54, 1.807) is 13.8 Å². The molecule has 6 heteroatoms. The van der Waals surface area contributed by atoms with E-state index in [4.69, 9.17) is 0 Å². The first-order valence-electron chi connectivity index (χ1n) is 7.25. The molecule has 0 aromatic carbocycles. The minimum Gasteiger partial charge on any atom is -0.352 e. The van der Waals surface area contributed by atoms with Crippen molar-refractivity contribution in [3.63, 3.8) is 0 Å². The standard InChI is InChI=1S/C14H23N3O3/c1-9-6-4-5-7-10(9)15-11(18)8-17-12(19)14(2,3)16-13(17)20/h9-10H,4-8H2,1-3H3,(H,15,18)(H,16,20)/t9-,10-/m1/s1. The number of urea groups is 1. The van der Waals surface area contributed by atoms with E-state index in [1.807, 2.05) is 0 Å². The maximum absolute atomic E-state index is 12.0. The van der Waals surface area contributed by atoms with Crippen LogP contribution in [0, 0.1) is 5.92 Å². The van der Waals surface area contributed by atoms with Gasteiger partial charge in [-0.1, -0.05) is 19.8 Å². The second kappa shape index (κ2) is 5.42. The summed E-state index contributed by atoms with van der Waals surface area (Å²) >= 11 is 0. The van der Waals surface area contributed by atoms with Crippen LogP contribution in [0.25, 0.3) is 0 Å². The van der Waals surface area contributed by atoms with Crippen molar-refractivity contribution in [2.75, 3.05) is 6.54 Å². The van der Waals surface area contributed by atoms with Crippen LogP contribution in [0.5, 0.6) is 0 Å². The quantitative estimate of drug-likeness (QED) is 0.758. The number of nitrogens with one attached hydrogen (secondary N) is 2. The van der Waals surface area contributed by atoms with Gasteiger partial charge in [-0.2, -0.15) is 0 Å². The average molecular weight is 281 g/mol. The third-order valence-corrected chi connectivity index (χ3v) is 4.20. The number of carbonyl (C=O) groups is 3. The van der Waals surface area contributed by atoms with E-state index >= 15 is 0 Å². The van der Waals surface area contributed by atoms with Gasteiger partial charge in [0.25, 0.3) is 5.91 Å². The minimum atomic E-state index is -0.921. The van der Waals surface area contributed by atoms with Gasteiger partial charge < -0.3 is 10.6 Å². The lowest BCUT2D eigenvalue weighted by Crippen LogP contribution is -2.47. The third kappa shape index (κ3) is 2.94. The average Bonchev–Trinajstić information content (AvgIpc) is 2.55. The topological polar surface area (TPSA) is 78.5 Å². The molecule has 1 saturated carbocycles. The van der Waals surface area contributed by atoms with Crippen molar-refractivity contribution in [2.24, 2.45) is 5.92 Å². The first kappa shape index (κ1) is 14.8. The van der Waals surface area contributed by atoms with E-state index in [9.17, 15) is 14.4 Å². The van der Waals surface area contributed by atoms with Crippen molar-refractivity contribution in [3.05, 3.63) is 0 Å². The zero-order valence-corrected chi connectivity index (χ0v) is 12.4. The van der Waals surface area contributed by atoms with E-state index in [0.717, 1.165) is 24.2 Å². The fourth-order valence-electron chi connectivity index (χ4n) is 2.89. The maximum Gasteiger partial charge on any atom is 0.325 e. The van der Waals surface area contributed by atoms with Crippen LogP contribution in [-0.4, -0.2) is 40.9 Å². The Labute approximate surface area is 119 Å². The molecule has 6 nitrogen and oxygen atoms in total. The normalized spacial score (nSPS) is 29.2. The van der Waals surface area contributed by atoms with Gasteiger partial charge in [0.15, 0.2) is 0 Å². The molecular formula is C14H23N3O3. The molecule has 1 heterocycles. The number of rotatable bonds is 3. The molecule has 2 atom stereocenters. The summed E-state index contributed by atoms with van der Waals surface area (Å²) in [5.74, 6) is -0.161. The smallest absolute Gasteiger partial charge is 0.325 e. The first-order valence-corrected chi connectivity index (χ1v) is 7.25. The molecule has 0 unspecified atom stereocenters. The molecular weight excluding hydrogens is 258 g/mol. The number of carbonyl (C=O) groups excluding carboxylic acids is 3. The zero-order chi connectivity index (χ0) is 14.9. The third-order valence-electron chi connectivity index (χ3n) is 4.20. The SMILES string of the molecule is C[C@@H]1CCCC[C@H]1NC(=O)CN1C(=O)NC(C)(C)C1=O. The Morgan fingerprint density at radius 2 is 2.00 bits per heavy atom. The molecule has 20 heavy (non-hydrogen) atoms. The van der Waals surface area contributed by atoms with E-state index in [0.29, 0.717) is 5.92 Å². The van der Waals surface area contributed by atoms with Gasteiger partial charge in [0.1, 0.15) is 12.1 Å². The summed E-state index contributed by atoms with van der Waals surface area (Å²) < 4.78 is 0. The van der Waals surface area contributed by atoms with Crippen LogP contribution >= 0.6 is 0 Å². The van der Waals surface area contributed by atoms with Crippen LogP contribution in [0.2, 0.25) is 0 Å². The van der Waals surface area contributed by atoms with Gasteiger partial charge >= 0.3 is 6.03 Å². The second-order valence-electron chi connectivity index (χ2n) is 6.38. The summed E-state index contributed by atoms with van der Waals surface area (Å²) in [7, 11) is 0. The van der Waals surface area contributed by atoms with Crippen molar-refractivity contribution >= 4 is 17.8 Å². The number of hydrogen-bond donors (Lipinski definition) is 2. The summed E-state index contributed by atoms with van der Waals surface area (Å²) in [6.07, 6.45) is 4.40. The largest absolute Gasteiger partial charge is 0.352 e. The van der Waals surface area contributed by atoms with E-state index in [1.165, 1.54) is 6.42 Å². The number of amides is 4. The van der Waals surface area contributed by atoms with Gasteiger partial charge in [0.05, 0.1) is 0 Å². The Bertz CT molecular complexity index is 433. The molecule has 2 rings (SSSR count). The van der Waals surface area contributed by atoms with Gasteiger partial charge in [-0.25, -0.2) is 4.79 Å².